The van der Waals surface area contributed by atoms with Crippen LogP contribution in [0.4, 0.5) is 5.82 Å². The number of nitrogens with one attached hydrogen (secondary N) is 3. The number of rotatable bonds is 4. The average molecular weight is 520 g/mol. The number of hydrogen-bond donors (Lipinski definition) is 3. The number of H-pyrrole nitrogens is 1. The summed E-state index contributed by atoms with van der Waals surface area (Å²) in [7, 11) is 0. The summed E-state index contributed by atoms with van der Waals surface area (Å²) in [6.07, 6.45) is 6.23. The number of hydrogen-bond acceptors (Lipinski definition) is 6. The maximum Gasteiger partial charge on any atom is 0.259 e. The lowest BCUT2D eigenvalue weighted by Gasteiger charge is -2.39. The molecule has 30 heavy (non-hydrogen) atoms. The molecule has 2 fully saturated rings. The van der Waals surface area contributed by atoms with E-state index in [1.807, 2.05) is 41.1 Å². The second-order valence-corrected chi connectivity index (χ2v) is 8.59. The van der Waals surface area contributed by atoms with Gasteiger partial charge in [-0.1, -0.05) is 0 Å². The molecular formula is C21H25IN6O2. The largest absolute Gasteiger partial charge is 0.379 e. The Balaban J connectivity index is 1.37. The third-order valence-electron chi connectivity index (χ3n) is 6.34. The highest BCUT2D eigenvalue weighted by Crippen LogP contribution is 2.32. The van der Waals surface area contributed by atoms with Gasteiger partial charge < -0.3 is 15.0 Å². The molecule has 3 heterocycles. The minimum absolute atomic E-state index is 0.111. The highest BCUT2D eigenvalue weighted by molar-refractivity contribution is 14.1. The molecule has 8 nitrogen and oxygen atoms in total. The Morgan fingerprint density at radius 1 is 1.17 bits per heavy atom. The first-order chi connectivity index (χ1) is 14.7. The van der Waals surface area contributed by atoms with Gasteiger partial charge in [-0.25, -0.2) is 9.97 Å². The number of ether oxygens (including phenoxy) is 1. The van der Waals surface area contributed by atoms with Crippen LogP contribution >= 0.6 is 22.9 Å². The summed E-state index contributed by atoms with van der Waals surface area (Å²) in [6, 6.07) is 6.71. The summed E-state index contributed by atoms with van der Waals surface area (Å²) < 4.78 is 8.15. The van der Waals surface area contributed by atoms with Crippen LogP contribution in [0.15, 0.2) is 24.5 Å². The van der Waals surface area contributed by atoms with Crippen molar-refractivity contribution in [1.29, 1.82) is 0 Å². The van der Waals surface area contributed by atoms with E-state index in [1.165, 1.54) is 12.8 Å². The standard InChI is InChI=1S/C21H25IN6O2/c22-27-21(29)13-1-6-17-16(11-13)18-19(23-12-24-20(18)26-17)25-14-2-4-15(5-3-14)28-7-9-30-10-8-28/h1,6,11-12,14-15H,2-5,7-10H2,(H,27,29)(H2,23,24,25,26). The lowest BCUT2D eigenvalue weighted by Crippen LogP contribution is -2.46. The highest BCUT2D eigenvalue weighted by Gasteiger charge is 2.27. The van der Waals surface area contributed by atoms with Gasteiger partial charge in [-0.05, 0) is 43.9 Å². The fraction of sp³-hybridized carbons (Fsp3) is 0.476. The number of aromatic amines is 1. The van der Waals surface area contributed by atoms with Crippen molar-refractivity contribution in [2.24, 2.45) is 0 Å². The van der Waals surface area contributed by atoms with Gasteiger partial charge in [-0.3, -0.25) is 13.2 Å². The molecule has 158 valence electrons. The van der Waals surface area contributed by atoms with Crippen LogP contribution in [0.2, 0.25) is 0 Å². The van der Waals surface area contributed by atoms with E-state index in [1.54, 1.807) is 6.33 Å². The molecule has 0 spiro atoms. The molecule has 0 radical (unpaired) electrons. The van der Waals surface area contributed by atoms with Gasteiger partial charge in [0.15, 0.2) is 0 Å². The fourth-order valence-corrected chi connectivity index (χ4v) is 5.06. The number of fused-ring (bicyclic) bond motifs is 3. The fourth-order valence-electron chi connectivity index (χ4n) is 4.75. The number of anilines is 1. The lowest BCUT2D eigenvalue weighted by molar-refractivity contribution is 0.00791. The topological polar surface area (TPSA) is 95.2 Å². The molecule has 2 aromatic heterocycles. The van der Waals surface area contributed by atoms with Gasteiger partial charge in [0.1, 0.15) is 17.8 Å². The summed E-state index contributed by atoms with van der Waals surface area (Å²) in [5.41, 5.74) is 2.37. The minimum Gasteiger partial charge on any atom is -0.379 e. The van der Waals surface area contributed by atoms with Crippen LogP contribution in [-0.2, 0) is 4.74 Å². The van der Waals surface area contributed by atoms with Crippen LogP contribution in [0.5, 0.6) is 0 Å². The molecule has 1 aromatic carbocycles. The molecule has 9 heteroatoms. The van der Waals surface area contributed by atoms with Gasteiger partial charge >= 0.3 is 0 Å². The van der Waals surface area contributed by atoms with Gasteiger partial charge in [0.25, 0.3) is 5.91 Å². The van der Waals surface area contributed by atoms with Gasteiger partial charge in [0.2, 0.25) is 0 Å². The Morgan fingerprint density at radius 2 is 1.97 bits per heavy atom. The van der Waals surface area contributed by atoms with Crippen molar-refractivity contribution < 1.29 is 9.53 Å². The Hall–Kier alpha value is -1.98. The molecule has 3 N–H and O–H groups in total. The van der Waals surface area contributed by atoms with Crippen molar-refractivity contribution in [2.75, 3.05) is 31.6 Å². The van der Waals surface area contributed by atoms with E-state index in [0.717, 1.165) is 66.9 Å². The normalized spacial score (nSPS) is 23.0. The Morgan fingerprint density at radius 3 is 2.73 bits per heavy atom. The van der Waals surface area contributed by atoms with Crippen molar-refractivity contribution in [3.8, 4) is 0 Å². The molecule has 1 saturated carbocycles. The molecule has 1 saturated heterocycles. The second-order valence-electron chi connectivity index (χ2n) is 8.05. The summed E-state index contributed by atoms with van der Waals surface area (Å²) in [4.78, 5) is 27.0. The summed E-state index contributed by atoms with van der Waals surface area (Å²) in [5.74, 6) is 0.729. The second kappa shape index (κ2) is 8.64. The SMILES string of the molecule is O=C(NI)c1ccc2[nH]c3ncnc(NC4CCC(N5CCOCC5)CC4)c3c2c1. The maximum atomic E-state index is 12.1. The zero-order valence-electron chi connectivity index (χ0n) is 16.7. The maximum absolute atomic E-state index is 12.1. The van der Waals surface area contributed by atoms with Gasteiger partial charge in [0, 0.05) is 41.6 Å². The van der Waals surface area contributed by atoms with E-state index in [4.69, 9.17) is 4.74 Å². The molecule has 3 aromatic rings. The van der Waals surface area contributed by atoms with Crippen molar-refractivity contribution in [2.45, 2.75) is 37.8 Å². The van der Waals surface area contributed by atoms with Gasteiger partial charge in [0.05, 0.1) is 41.5 Å². The third-order valence-corrected chi connectivity index (χ3v) is 6.83. The van der Waals surface area contributed by atoms with E-state index in [2.05, 4.69) is 28.7 Å². The van der Waals surface area contributed by atoms with Crippen LogP contribution in [0.1, 0.15) is 36.0 Å². The average Bonchev–Trinajstić information content (AvgIpc) is 3.18. The van der Waals surface area contributed by atoms with Crippen LogP contribution in [0.3, 0.4) is 0 Å². The molecule has 1 aliphatic carbocycles. The van der Waals surface area contributed by atoms with Crippen LogP contribution in [-0.4, -0.2) is 64.1 Å². The minimum atomic E-state index is -0.111. The number of benzene rings is 1. The van der Waals surface area contributed by atoms with Crippen molar-refractivity contribution in [3.63, 3.8) is 0 Å². The summed E-state index contributed by atoms with van der Waals surface area (Å²) in [5, 5.41) is 5.59. The van der Waals surface area contributed by atoms with E-state index in [0.29, 0.717) is 17.6 Å². The molecule has 0 unspecified atom stereocenters. The zero-order chi connectivity index (χ0) is 20.5. The first kappa shape index (κ1) is 20.0. The van der Waals surface area contributed by atoms with Crippen molar-refractivity contribution in [1.82, 2.24) is 23.4 Å². The first-order valence-electron chi connectivity index (χ1n) is 10.5. The van der Waals surface area contributed by atoms with Gasteiger partial charge in [-0.15, -0.1) is 0 Å². The summed E-state index contributed by atoms with van der Waals surface area (Å²) in [6.45, 7) is 3.82. The molecule has 2 aliphatic rings. The molecule has 1 aliphatic heterocycles. The monoisotopic (exact) mass is 520 g/mol. The van der Waals surface area contributed by atoms with Crippen molar-refractivity contribution in [3.05, 3.63) is 30.1 Å². The molecule has 5 rings (SSSR count). The number of halogens is 1. The zero-order valence-corrected chi connectivity index (χ0v) is 18.8. The Kier molecular flexibility index (Phi) is 5.74. The number of nitrogens with zero attached hydrogens (tertiary/aromatic N) is 3. The first-order valence-corrected chi connectivity index (χ1v) is 11.6. The van der Waals surface area contributed by atoms with E-state index in [-0.39, 0.29) is 5.91 Å². The van der Waals surface area contributed by atoms with E-state index < -0.39 is 0 Å². The Bertz CT molecular complexity index is 1060. The lowest BCUT2D eigenvalue weighted by atomic mass is 9.90. The van der Waals surface area contributed by atoms with E-state index >= 15 is 0 Å². The quantitative estimate of drug-likeness (QED) is 0.361. The van der Waals surface area contributed by atoms with E-state index in [9.17, 15) is 4.79 Å². The molecular weight excluding hydrogens is 495 g/mol. The predicted molar refractivity (Wildman–Crippen MR) is 125 cm³/mol. The summed E-state index contributed by atoms with van der Waals surface area (Å²) >= 11 is 1.86. The molecule has 1 amide bonds. The number of amides is 1. The van der Waals surface area contributed by atoms with Gasteiger partial charge in [-0.2, -0.15) is 0 Å². The number of carbonyl (C=O) groups is 1. The van der Waals surface area contributed by atoms with Crippen LogP contribution in [0.25, 0.3) is 21.9 Å². The molecule has 0 atom stereocenters. The highest BCUT2D eigenvalue weighted by atomic mass is 127. The third kappa shape index (κ3) is 3.85. The number of carbonyl (C=O) groups excluding carboxylic acids is 1. The van der Waals surface area contributed by atoms with Crippen molar-refractivity contribution >= 4 is 56.5 Å². The van der Waals surface area contributed by atoms with Crippen LogP contribution < -0.4 is 8.85 Å². The van der Waals surface area contributed by atoms with Crippen LogP contribution in [0, 0.1) is 0 Å². The molecule has 0 bridgehead atoms. The number of morpholine rings is 1. The predicted octanol–water partition coefficient (Wildman–Crippen LogP) is 3.25. The number of aromatic nitrogens is 3. The Labute approximate surface area is 188 Å². The smallest absolute Gasteiger partial charge is 0.259 e.